The number of benzene rings is 2. The molecule has 0 heterocycles. The van der Waals surface area contributed by atoms with Crippen molar-refractivity contribution in [2.45, 2.75) is 25.4 Å². The predicted octanol–water partition coefficient (Wildman–Crippen LogP) is 3.96. The Balaban J connectivity index is 1.89. The van der Waals surface area contributed by atoms with Crippen LogP contribution in [0.5, 0.6) is 11.5 Å². The summed E-state index contributed by atoms with van der Waals surface area (Å²) < 4.78 is 11.5. The third-order valence-electron chi connectivity index (χ3n) is 3.91. The minimum absolute atomic E-state index is 0.0472. The number of aldehydes is 1. The fourth-order valence-corrected chi connectivity index (χ4v) is 2.84. The average Bonchev–Trinajstić information content (AvgIpc) is 2.55. The first kappa shape index (κ1) is 13.7. The number of fused-ring (bicyclic) bond motifs is 1. The van der Waals surface area contributed by atoms with Gasteiger partial charge in [0.1, 0.15) is 12.4 Å². The topological polar surface area (TPSA) is 35.5 Å². The van der Waals surface area contributed by atoms with E-state index >= 15 is 0 Å². The van der Waals surface area contributed by atoms with E-state index in [9.17, 15) is 4.79 Å². The number of methoxy groups -OCH3 is 1. The molecule has 2 aromatic carbocycles. The molecule has 3 nitrogen and oxygen atoms in total. The molecule has 0 fully saturated rings. The van der Waals surface area contributed by atoms with Crippen LogP contribution in [-0.4, -0.2) is 13.4 Å². The van der Waals surface area contributed by atoms with Gasteiger partial charge in [-0.2, -0.15) is 0 Å². The van der Waals surface area contributed by atoms with Gasteiger partial charge in [-0.3, -0.25) is 4.79 Å². The van der Waals surface area contributed by atoms with Gasteiger partial charge >= 0.3 is 0 Å². The normalized spacial score (nSPS) is 16.9. The van der Waals surface area contributed by atoms with Crippen LogP contribution in [0.15, 0.2) is 42.5 Å². The van der Waals surface area contributed by atoms with Crippen molar-refractivity contribution in [1.29, 1.82) is 0 Å². The summed E-state index contributed by atoms with van der Waals surface area (Å²) in [5.74, 6) is 1.28. The highest BCUT2D eigenvalue weighted by atomic mass is 16.5. The second-order valence-electron chi connectivity index (χ2n) is 5.23. The molecule has 0 amide bonds. The molecule has 3 heteroatoms. The Bertz CT molecular complexity index is 649. The van der Waals surface area contributed by atoms with Gasteiger partial charge in [0.15, 0.2) is 11.5 Å². The van der Waals surface area contributed by atoms with Crippen molar-refractivity contribution >= 4 is 6.29 Å². The Labute approximate surface area is 124 Å². The maximum Gasteiger partial charge on any atom is 0.162 e. The summed E-state index contributed by atoms with van der Waals surface area (Å²) in [7, 11) is 1.59. The first-order valence-electron chi connectivity index (χ1n) is 7.19. The smallest absolute Gasteiger partial charge is 0.162 e. The minimum atomic E-state index is 0.0472. The third-order valence-corrected chi connectivity index (χ3v) is 3.91. The summed E-state index contributed by atoms with van der Waals surface area (Å²) in [4.78, 5) is 10.8. The van der Waals surface area contributed by atoms with Crippen LogP contribution in [0, 0.1) is 0 Å². The van der Waals surface area contributed by atoms with Crippen LogP contribution >= 0.6 is 0 Å². The highest BCUT2D eigenvalue weighted by molar-refractivity contribution is 5.76. The third kappa shape index (κ3) is 2.77. The molecule has 0 saturated carbocycles. The fraction of sp³-hybridized carbons (Fsp3) is 0.278. The maximum atomic E-state index is 10.8. The van der Waals surface area contributed by atoms with Gasteiger partial charge in [-0.1, -0.05) is 24.3 Å². The van der Waals surface area contributed by atoms with Crippen molar-refractivity contribution in [2.24, 2.45) is 0 Å². The quantitative estimate of drug-likeness (QED) is 0.796. The van der Waals surface area contributed by atoms with Gasteiger partial charge < -0.3 is 9.47 Å². The Morgan fingerprint density at radius 3 is 2.81 bits per heavy atom. The van der Waals surface area contributed by atoms with Gasteiger partial charge in [0.25, 0.3) is 0 Å². The Hall–Kier alpha value is -2.29. The zero-order valence-corrected chi connectivity index (χ0v) is 12.0. The molecule has 2 aromatic rings. The van der Waals surface area contributed by atoms with E-state index in [4.69, 9.17) is 9.47 Å². The molecule has 21 heavy (non-hydrogen) atoms. The van der Waals surface area contributed by atoms with E-state index in [-0.39, 0.29) is 6.10 Å². The standard InChI is InChI=1S/C18H18O3/c1-20-18-11-13(12-19)9-10-17(18)21-16-8-4-6-14-5-2-3-7-15(14)16/h2-3,5,7,9-12,16H,4,6,8H2,1H3. The number of hydrogen-bond acceptors (Lipinski definition) is 3. The van der Waals surface area contributed by atoms with Crippen molar-refractivity contribution in [2.75, 3.05) is 7.11 Å². The van der Waals surface area contributed by atoms with E-state index < -0.39 is 0 Å². The molecule has 0 aliphatic heterocycles. The molecule has 0 aromatic heterocycles. The number of ether oxygens (including phenoxy) is 2. The zero-order valence-electron chi connectivity index (χ0n) is 12.0. The summed E-state index contributed by atoms with van der Waals surface area (Å²) in [6.07, 6.45) is 4.08. The van der Waals surface area contributed by atoms with Crippen molar-refractivity contribution in [3.63, 3.8) is 0 Å². The van der Waals surface area contributed by atoms with Crippen LogP contribution in [0.2, 0.25) is 0 Å². The Kier molecular flexibility index (Phi) is 3.91. The van der Waals surface area contributed by atoms with E-state index in [2.05, 4.69) is 18.2 Å². The maximum absolute atomic E-state index is 10.8. The lowest BCUT2D eigenvalue weighted by molar-refractivity contribution is 0.112. The zero-order chi connectivity index (χ0) is 14.7. The molecule has 1 aliphatic rings. The first-order valence-corrected chi connectivity index (χ1v) is 7.19. The summed E-state index contributed by atoms with van der Waals surface area (Å²) in [6.45, 7) is 0. The second-order valence-corrected chi connectivity index (χ2v) is 5.23. The molecule has 3 rings (SSSR count). The summed E-state index contributed by atoms with van der Waals surface area (Å²) in [5.41, 5.74) is 3.20. The molecular formula is C18H18O3. The molecular weight excluding hydrogens is 264 g/mol. The van der Waals surface area contributed by atoms with Gasteiger partial charge in [-0.15, -0.1) is 0 Å². The van der Waals surface area contributed by atoms with E-state index in [0.717, 1.165) is 25.5 Å². The summed E-state index contributed by atoms with van der Waals surface area (Å²) in [5, 5.41) is 0. The molecule has 0 N–H and O–H groups in total. The van der Waals surface area contributed by atoms with Crippen LogP contribution in [-0.2, 0) is 6.42 Å². The van der Waals surface area contributed by atoms with E-state index in [1.54, 1.807) is 25.3 Å². The van der Waals surface area contributed by atoms with Crippen LogP contribution in [0.3, 0.4) is 0 Å². The minimum Gasteiger partial charge on any atom is -0.493 e. The van der Waals surface area contributed by atoms with Crippen molar-refractivity contribution in [3.8, 4) is 11.5 Å². The van der Waals surface area contributed by atoms with Crippen LogP contribution < -0.4 is 9.47 Å². The molecule has 0 bridgehead atoms. The molecule has 1 atom stereocenters. The SMILES string of the molecule is COc1cc(C=O)ccc1OC1CCCc2ccccc21. The molecule has 0 spiro atoms. The fourth-order valence-electron chi connectivity index (χ4n) is 2.84. The number of carbonyl (C=O) groups is 1. The van der Waals surface area contributed by atoms with E-state index in [0.29, 0.717) is 17.1 Å². The van der Waals surface area contributed by atoms with Gasteiger partial charge in [0.2, 0.25) is 0 Å². The molecule has 1 unspecified atom stereocenters. The summed E-state index contributed by atoms with van der Waals surface area (Å²) >= 11 is 0. The van der Waals surface area contributed by atoms with Gasteiger partial charge in [-0.05, 0) is 48.6 Å². The monoisotopic (exact) mass is 282 g/mol. The Morgan fingerprint density at radius 2 is 2.00 bits per heavy atom. The lowest BCUT2D eigenvalue weighted by Crippen LogP contribution is -2.15. The molecule has 0 radical (unpaired) electrons. The van der Waals surface area contributed by atoms with Gasteiger partial charge in [-0.25, -0.2) is 0 Å². The lowest BCUT2D eigenvalue weighted by Gasteiger charge is -2.27. The van der Waals surface area contributed by atoms with Crippen molar-refractivity contribution in [1.82, 2.24) is 0 Å². The van der Waals surface area contributed by atoms with Crippen LogP contribution in [0.1, 0.15) is 40.4 Å². The van der Waals surface area contributed by atoms with Crippen molar-refractivity contribution < 1.29 is 14.3 Å². The van der Waals surface area contributed by atoms with Gasteiger partial charge in [0.05, 0.1) is 7.11 Å². The molecule has 108 valence electrons. The number of rotatable bonds is 4. The average molecular weight is 282 g/mol. The predicted molar refractivity (Wildman–Crippen MR) is 81.1 cm³/mol. The van der Waals surface area contributed by atoms with Crippen molar-refractivity contribution in [3.05, 3.63) is 59.2 Å². The molecule has 0 saturated heterocycles. The largest absolute Gasteiger partial charge is 0.493 e. The first-order chi connectivity index (χ1) is 10.3. The highest BCUT2D eigenvalue weighted by Gasteiger charge is 2.22. The molecule has 1 aliphatic carbocycles. The Morgan fingerprint density at radius 1 is 1.14 bits per heavy atom. The number of carbonyl (C=O) groups excluding carboxylic acids is 1. The van der Waals surface area contributed by atoms with Crippen LogP contribution in [0.25, 0.3) is 0 Å². The lowest BCUT2D eigenvalue weighted by atomic mass is 9.89. The number of hydrogen-bond donors (Lipinski definition) is 0. The van der Waals surface area contributed by atoms with E-state index in [1.165, 1.54) is 11.1 Å². The number of aryl methyl sites for hydroxylation is 1. The highest BCUT2D eigenvalue weighted by Crippen LogP contribution is 2.37. The van der Waals surface area contributed by atoms with Gasteiger partial charge in [0, 0.05) is 5.56 Å². The van der Waals surface area contributed by atoms with Crippen LogP contribution in [0.4, 0.5) is 0 Å². The summed E-state index contributed by atoms with van der Waals surface area (Å²) in [6, 6.07) is 13.7. The van der Waals surface area contributed by atoms with E-state index in [1.807, 2.05) is 6.07 Å². The second kappa shape index (κ2) is 6.00.